The van der Waals surface area contributed by atoms with Crippen LogP contribution in [0.3, 0.4) is 0 Å². The molecule has 4 heteroatoms. The predicted octanol–water partition coefficient (Wildman–Crippen LogP) is 5.70. The van der Waals surface area contributed by atoms with Crippen molar-refractivity contribution in [2.24, 2.45) is 5.10 Å². The van der Waals surface area contributed by atoms with Crippen molar-refractivity contribution in [3.05, 3.63) is 95.0 Å². The van der Waals surface area contributed by atoms with Crippen molar-refractivity contribution < 1.29 is 4.74 Å². The summed E-state index contributed by atoms with van der Waals surface area (Å²) in [6.45, 7) is 0. The first-order valence-corrected chi connectivity index (χ1v) is 8.94. The summed E-state index contributed by atoms with van der Waals surface area (Å²) in [5.74, 6) is 0.852. The molecular formula is C22H19ClN2O. The normalized spacial score (nSPS) is 16.5. The second-order valence-corrected chi connectivity index (χ2v) is 6.67. The fourth-order valence-electron chi connectivity index (χ4n) is 3.26. The van der Waals surface area contributed by atoms with Gasteiger partial charge in [-0.25, -0.2) is 0 Å². The number of hydrogen-bond acceptors (Lipinski definition) is 3. The monoisotopic (exact) mass is 362 g/mol. The van der Waals surface area contributed by atoms with Gasteiger partial charge < -0.3 is 4.74 Å². The highest BCUT2D eigenvalue weighted by Crippen LogP contribution is 2.37. The van der Waals surface area contributed by atoms with Gasteiger partial charge in [0.2, 0.25) is 0 Å². The van der Waals surface area contributed by atoms with Crippen LogP contribution < -0.4 is 9.75 Å². The fourth-order valence-corrected chi connectivity index (χ4v) is 3.44. The zero-order chi connectivity index (χ0) is 17.9. The molecule has 1 aliphatic heterocycles. The molecule has 3 aromatic carbocycles. The van der Waals surface area contributed by atoms with Crippen LogP contribution in [-0.4, -0.2) is 12.8 Å². The van der Waals surface area contributed by atoms with Crippen LogP contribution >= 0.6 is 11.6 Å². The van der Waals surface area contributed by atoms with E-state index < -0.39 is 0 Å². The Bertz CT molecular complexity index is 922. The minimum absolute atomic E-state index is 0.120. The fraction of sp³-hybridized carbons (Fsp3) is 0.136. The Kier molecular flexibility index (Phi) is 4.63. The first-order valence-electron chi connectivity index (χ1n) is 8.56. The number of ether oxygens (including phenoxy) is 1. The van der Waals surface area contributed by atoms with E-state index in [9.17, 15) is 0 Å². The smallest absolute Gasteiger partial charge is 0.118 e. The van der Waals surface area contributed by atoms with Gasteiger partial charge in [-0.1, -0.05) is 60.1 Å². The zero-order valence-corrected chi connectivity index (χ0v) is 15.2. The molecule has 0 fully saturated rings. The van der Waals surface area contributed by atoms with E-state index in [0.29, 0.717) is 5.02 Å². The molecule has 0 bridgehead atoms. The largest absolute Gasteiger partial charge is 0.497 e. The van der Waals surface area contributed by atoms with Crippen LogP contribution in [0, 0.1) is 0 Å². The van der Waals surface area contributed by atoms with Gasteiger partial charge in [0, 0.05) is 11.4 Å². The Morgan fingerprint density at radius 3 is 2.42 bits per heavy atom. The lowest BCUT2D eigenvalue weighted by atomic mass is 9.98. The maximum Gasteiger partial charge on any atom is 0.118 e. The molecule has 1 atom stereocenters. The average Bonchev–Trinajstić information content (AvgIpc) is 3.14. The number of halogens is 1. The first-order chi connectivity index (χ1) is 12.7. The van der Waals surface area contributed by atoms with Gasteiger partial charge in [0.15, 0.2) is 0 Å². The van der Waals surface area contributed by atoms with Gasteiger partial charge in [-0.3, -0.25) is 5.01 Å². The van der Waals surface area contributed by atoms with Crippen LogP contribution in [0.1, 0.15) is 23.6 Å². The number of anilines is 1. The second kappa shape index (κ2) is 7.22. The molecule has 1 heterocycles. The molecule has 0 N–H and O–H groups in total. The van der Waals surface area contributed by atoms with E-state index in [4.69, 9.17) is 21.4 Å². The maximum absolute atomic E-state index is 6.22. The standard InChI is InChI=1S/C22H19ClN2O/c1-26-20-12-10-17(11-13-20)22-15-21(16-6-3-2-4-7-16)24-25(22)19-9-5-8-18(23)14-19/h2-14,22H,15H2,1H3. The third kappa shape index (κ3) is 3.31. The number of methoxy groups -OCH3 is 1. The Labute approximate surface area is 158 Å². The van der Waals surface area contributed by atoms with Crippen LogP contribution in [0.5, 0.6) is 5.75 Å². The summed E-state index contributed by atoms with van der Waals surface area (Å²) in [6, 6.07) is 26.5. The molecule has 3 aromatic rings. The molecule has 0 saturated heterocycles. The summed E-state index contributed by atoms with van der Waals surface area (Å²) in [5.41, 5.74) is 4.41. The van der Waals surface area contributed by atoms with E-state index in [1.165, 1.54) is 5.56 Å². The Morgan fingerprint density at radius 2 is 1.73 bits per heavy atom. The highest BCUT2D eigenvalue weighted by atomic mass is 35.5. The van der Waals surface area contributed by atoms with Crippen molar-refractivity contribution in [2.45, 2.75) is 12.5 Å². The zero-order valence-electron chi connectivity index (χ0n) is 14.5. The van der Waals surface area contributed by atoms with Gasteiger partial charge in [-0.2, -0.15) is 5.10 Å². The summed E-state index contributed by atoms with van der Waals surface area (Å²) >= 11 is 6.22. The molecule has 4 rings (SSSR count). The van der Waals surface area contributed by atoms with Gasteiger partial charge in [0.1, 0.15) is 5.75 Å². The van der Waals surface area contributed by atoms with Crippen LogP contribution in [0.25, 0.3) is 0 Å². The van der Waals surface area contributed by atoms with E-state index in [-0.39, 0.29) is 6.04 Å². The highest BCUT2D eigenvalue weighted by molar-refractivity contribution is 6.30. The number of nitrogens with zero attached hydrogens (tertiary/aromatic N) is 2. The third-order valence-corrected chi connectivity index (χ3v) is 4.83. The predicted molar refractivity (Wildman–Crippen MR) is 107 cm³/mol. The summed E-state index contributed by atoms with van der Waals surface area (Å²) in [4.78, 5) is 0. The molecule has 0 radical (unpaired) electrons. The average molecular weight is 363 g/mol. The molecule has 1 aliphatic rings. The Balaban J connectivity index is 1.74. The quantitative estimate of drug-likeness (QED) is 0.594. The topological polar surface area (TPSA) is 24.8 Å². The maximum atomic E-state index is 6.22. The van der Waals surface area contributed by atoms with Crippen molar-refractivity contribution in [2.75, 3.05) is 12.1 Å². The molecule has 0 saturated carbocycles. The van der Waals surface area contributed by atoms with E-state index in [2.05, 4.69) is 29.3 Å². The number of hydrazone groups is 1. The second-order valence-electron chi connectivity index (χ2n) is 6.23. The van der Waals surface area contributed by atoms with E-state index in [0.717, 1.165) is 29.1 Å². The molecule has 0 aliphatic carbocycles. The van der Waals surface area contributed by atoms with E-state index in [1.807, 2.05) is 54.6 Å². The molecule has 0 spiro atoms. The highest BCUT2D eigenvalue weighted by Gasteiger charge is 2.30. The van der Waals surface area contributed by atoms with Crippen molar-refractivity contribution in [1.29, 1.82) is 0 Å². The molecule has 26 heavy (non-hydrogen) atoms. The third-order valence-electron chi connectivity index (χ3n) is 4.59. The van der Waals surface area contributed by atoms with Crippen molar-refractivity contribution in [3.63, 3.8) is 0 Å². The molecule has 1 unspecified atom stereocenters. The summed E-state index contributed by atoms with van der Waals surface area (Å²) in [6.07, 6.45) is 0.836. The summed E-state index contributed by atoms with van der Waals surface area (Å²) in [7, 11) is 1.68. The van der Waals surface area contributed by atoms with Crippen LogP contribution in [0.2, 0.25) is 5.02 Å². The number of rotatable bonds is 4. The lowest BCUT2D eigenvalue weighted by Gasteiger charge is -2.24. The molecule has 0 amide bonds. The minimum atomic E-state index is 0.120. The van der Waals surface area contributed by atoms with Gasteiger partial charge in [0.25, 0.3) is 0 Å². The van der Waals surface area contributed by atoms with Gasteiger partial charge in [-0.05, 0) is 41.5 Å². The lowest BCUT2D eigenvalue weighted by Crippen LogP contribution is -2.18. The van der Waals surface area contributed by atoms with Crippen molar-refractivity contribution in [3.8, 4) is 5.75 Å². The van der Waals surface area contributed by atoms with Crippen LogP contribution in [0.15, 0.2) is 84.0 Å². The van der Waals surface area contributed by atoms with Gasteiger partial charge in [-0.15, -0.1) is 0 Å². The van der Waals surface area contributed by atoms with Crippen molar-refractivity contribution >= 4 is 23.0 Å². The van der Waals surface area contributed by atoms with Crippen LogP contribution in [0.4, 0.5) is 5.69 Å². The lowest BCUT2D eigenvalue weighted by molar-refractivity contribution is 0.414. The number of hydrogen-bond donors (Lipinski definition) is 0. The molecule has 0 aromatic heterocycles. The molecule has 3 nitrogen and oxygen atoms in total. The van der Waals surface area contributed by atoms with E-state index >= 15 is 0 Å². The SMILES string of the molecule is COc1ccc(C2CC(c3ccccc3)=NN2c2cccc(Cl)c2)cc1. The summed E-state index contributed by atoms with van der Waals surface area (Å²) < 4.78 is 5.29. The van der Waals surface area contributed by atoms with Crippen LogP contribution in [-0.2, 0) is 0 Å². The van der Waals surface area contributed by atoms with Crippen molar-refractivity contribution in [1.82, 2.24) is 0 Å². The number of benzene rings is 3. The molecular weight excluding hydrogens is 344 g/mol. The minimum Gasteiger partial charge on any atom is -0.497 e. The van der Waals surface area contributed by atoms with E-state index in [1.54, 1.807) is 7.11 Å². The van der Waals surface area contributed by atoms with Gasteiger partial charge in [0.05, 0.1) is 24.6 Å². The summed E-state index contributed by atoms with van der Waals surface area (Å²) in [5, 5.41) is 7.70. The van der Waals surface area contributed by atoms with Gasteiger partial charge >= 0.3 is 0 Å². The molecule has 130 valence electrons. The first kappa shape index (κ1) is 16.7. The Morgan fingerprint density at radius 1 is 0.962 bits per heavy atom. The Hall–Kier alpha value is -2.78.